The van der Waals surface area contributed by atoms with E-state index >= 15 is 0 Å². The van der Waals surface area contributed by atoms with Gasteiger partial charge in [0.25, 0.3) is 0 Å². The lowest BCUT2D eigenvalue weighted by molar-refractivity contribution is -0.112. The molecule has 0 aliphatic carbocycles. The predicted octanol–water partition coefficient (Wildman–Crippen LogP) is 1.81. The van der Waals surface area contributed by atoms with Crippen molar-refractivity contribution in [3.05, 3.63) is 35.9 Å². The molecule has 0 radical (unpaired) electrons. The third kappa shape index (κ3) is 3.72. The molecule has 0 saturated carbocycles. The molecule has 0 fully saturated rings. The number of Topliss-reactive ketones (excluding diaryl/α,β-unsaturated/α-hetero) is 1. The fraction of sp³-hybridized carbons (Fsp3) is 0.182. The Balaban J connectivity index is 2.51. The number of carbonyl (C=O) groups is 2. The highest BCUT2D eigenvalue weighted by Crippen LogP contribution is 2.00. The van der Waals surface area contributed by atoms with Gasteiger partial charge in [0, 0.05) is 6.42 Å². The van der Waals surface area contributed by atoms with Crippen LogP contribution in [0.3, 0.4) is 0 Å². The van der Waals surface area contributed by atoms with Crippen LogP contribution in [0.15, 0.2) is 35.5 Å². The minimum Gasteiger partial charge on any atom is -0.313 e. The highest BCUT2D eigenvalue weighted by molar-refractivity contribution is 6.27. The number of nitrogens with zero attached hydrogens (tertiary/aromatic N) is 1. The first-order valence-corrected chi connectivity index (χ1v) is 4.56. The smallest absolute Gasteiger partial charge is 0.313 e. The molecule has 0 unspecified atom stereocenters. The topological polar surface area (TPSA) is 55.7 Å². The van der Waals surface area contributed by atoms with E-state index in [0.717, 1.165) is 6.21 Å². The molecule has 0 aromatic heterocycles. The largest absolute Gasteiger partial charge is 0.365 e. The van der Waals surface area contributed by atoms with Gasteiger partial charge in [0.05, 0.1) is 5.56 Å². The molecule has 1 aromatic carbocycles. The van der Waals surface area contributed by atoms with Crippen molar-refractivity contribution in [3.63, 3.8) is 0 Å². The minimum atomic E-state index is -0.573. The SMILES string of the molecule is CCC(=O)C=NOC(=O)c1ccccc1. The third-order valence-corrected chi connectivity index (χ3v) is 1.69. The van der Waals surface area contributed by atoms with Crippen molar-refractivity contribution in [1.82, 2.24) is 0 Å². The molecular weight excluding hydrogens is 194 g/mol. The van der Waals surface area contributed by atoms with Crippen LogP contribution < -0.4 is 0 Å². The summed E-state index contributed by atoms with van der Waals surface area (Å²) in [6.07, 6.45) is 1.34. The summed E-state index contributed by atoms with van der Waals surface area (Å²) in [5, 5.41) is 3.29. The zero-order valence-corrected chi connectivity index (χ0v) is 8.34. The Morgan fingerprint density at radius 2 is 2.00 bits per heavy atom. The van der Waals surface area contributed by atoms with Gasteiger partial charge in [-0.3, -0.25) is 4.79 Å². The fourth-order valence-corrected chi connectivity index (χ4v) is 0.851. The van der Waals surface area contributed by atoms with Crippen LogP contribution in [-0.4, -0.2) is 18.0 Å². The van der Waals surface area contributed by atoms with Crippen LogP contribution in [0.5, 0.6) is 0 Å². The molecule has 0 bridgehead atoms. The number of rotatable bonds is 4. The van der Waals surface area contributed by atoms with E-state index in [1.54, 1.807) is 37.3 Å². The Kier molecular flexibility index (Phi) is 4.22. The van der Waals surface area contributed by atoms with Gasteiger partial charge in [-0.25, -0.2) is 4.79 Å². The Labute approximate surface area is 87.5 Å². The average molecular weight is 205 g/mol. The van der Waals surface area contributed by atoms with Gasteiger partial charge in [-0.1, -0.05) is 30.3 Å². The lowest BCUT2D eigenvalue weighted by Gasteiger charge is -1.95. The molecule has 0 N–H and O–H groups in total. The Hall–Kier alpha value is -1.97. The van der Waals surface area contributed by atoms with Crippen molar-refractivity contribution < 1.29 is 14.4 Å². The van der Waals surface area contributed by atoms with Crippen molar-refractivity contribution in [3.8, 4) is 0 Å². The summed E-state index contributed by atoms with van der Waals surface area (Å²) < 4.78 is 0. The zero-order valence-electron chi connectivity index (χ0n) is 8.34. The second-order valence-electron chi connectivity index (χ2n) is 2.80. The van der Waals surface area contributed by atoms with Gasteiger partial charge in [0.1, 0.15) is 6.21 Å². The van der Waals surface area contributed by atoms with Gasteiger partial charge in [0.15, 0.2) is 5.78 Å². The van der Waals surface area contributed by atoms with Gasteiger partial charge in [0.2, 0.25) is 0 Å². The molecule has 1 rings (SSSR count). The summed E-state index contributed by atoms with van der Waals surface area (Å²) in [6.45, 7) is 1.70. The molecule has 4 nitrogen and oxygen atoms in total. The maximum absolute atomic E-state index is 11.3. The van der Waals surface area contributed by atoms with Gasteiger partial charge in [-0.2, -0.15) is 0 Å². The molecule has 4 heteroatoms. The van der Waals surface area contributed by atoms with Crippen LogP contribution >= 0.6 is 0 Å². The van der Waals surface area contributed by atoms with Crippen LogP contribution in [0, 0.1) is 0 Å². The number of benzene rings is 1. The molecule has 78 valence electrons. The monoisotopic (exact) mass is 205 g/mol. The van der Waals surface area contributed by atoms with Gasteiger partial charge >= 0.3 is 5.97 Å². The van der Waals surface area contributed by atoms with Crippen LogP contribution in [0.1, 0.15) is 23.7 Å². The second-order valence-corrected chi connectivity index (χ2v) is 2.80. The normalized spacial score (nSPS) is 10.2. The van der Waals surface area contributed by atoms with Crippen LogP contribution in [0.25, 0.3) is 0 Å². The standard InChI is InChI=1S/C11H11NO3/c1-2-10(13)8-12-15-11(14)9-6-4-3-5-7-9/h3-8H,2H2,1H3. The average Bonchev–Trinajstić information content (AvgIpc) is 2.29. The minimum absolute atomic E-state index is 0.184. The molecule has 0 saturated heterocycles. The van der Waals surface area contributed by atoms with E-state index < -0.39 is 5.97 Å². The number of ketones is 1. The summed E-state index contributed by atoms with van der Waals surface area (Å²) in [5.41, 5.74) is 0.401. The number of hydrogen-bond acceptors (Lipinski definition) is 4. The molecule has 1 aromatic rings. The van der Waals surface area contributed by atoms with Crippen LogP contribution in [0.4, 0.5) is 0 Å². The predicted molar refractivity (Wildman–Crippen MR) is 55.6 cm³/mol. The Morgan fingerprint density at radius 3 is 2.60 bits per heavy atom. The fourth-order valence-electron chi connectivity index (χ4n) is 0.851. The first-order valence-electron chi connectivity index (χ1n) is 4.56. The first-order chi connectivity index (χ1) is 7.24. The summed E-state index contributed by atoms with van der Waals surface area (Å²) in [5.74, 6) is -0.758. The number of hydrogen-bond donors (Lipinski definition) is 0. The lowest BCUT2D eigenvalue weighted by atomic mass is 10.2. The van der Waals surface area contributed by atoms with E-state index in [2.05, 4.69) is 9.99 Å². The molecular formula is C11H11NO3. The Morgan fingerprint density at radius 1 is 1.33 bits per heavy atom. The summed E-state index contributed by atoms with van der Waals surface area (Å²) in [6, 6.07) is 8.45. The number of carbonyl (C=O) groups excluding carboxylic acids is 2. The third-order valence-electron chi connectivity index (χ3n) is 1.69. The van der Waals surface area contributed by atoms with Crippen molar-refractivity contribution in [2.24, 2.45) is 5.16 Å². The van der Waals surface area contributed by atoms with E-state index in [9.17, 15) is 9.59 Å². The molecule has 0 heterocycles. The first kappa shape index (κ1) is 11.1. The van der Waals surface area contributed by atoms with E-state index in [1.165, 1.54) is 0 Å². The van der Waals surface area contributed by atoms with Gasteiger partial charge < -0.3 is 4.84 Å². The molecule has 0 aliphatic heterocycles. The van der Waals surface area contributed by atoms with Crippen LogP contribution in [-0.2, 0) is 9.63 Å². The highest BCUT2D eigenvalue weighted by atomic mass is 16.7. The molecule has 0 atom stereocenters. The molecule has 0 spiro atoms. The van der Waals surface area contributed by atoms with Crippen LogP contribution in [0.2, 0.25) is 0 Å². The second kappa shape index (κ2) is 5.70. The van der Waals surface area contributed by atoms with Gasteiger partial charge in [-0.05, 0) is 12.1 Å². The van der Waals surface area contributed by atoms with Crippen molar-refractivity contribution in [2.75, 3.05) is 0 Å². The molecule has 0 amide bonds. The van der Waals surface area contributed by atoms with E-state index in [4.69, 9.17) is 0 Å². The molecule has 15 heavy (non-hydrogen) atoms. The summed E-state index contributed by atoms with van der Waals surface area (Å²) >= 11 is 0. The van der Waals surface area contributed by atoms with Gasteiger partial charge in [-0.15, -0.1) is 0 Å². The maximum atomic E-state index is 11.3. The highest BCUT2D eigenvalue weighted by Gasteiger charge is 2.04. The van der Waals surface area contributed by atoms with Crippen molar-refractivity contribution >= 4 is 18.0 Å². The Bertz CT molecular complexity index is 371. The zero-order chi connectivity index (χ0) is 11.1. The van der Waals surface area contributed by atoms with E-state index in [-0.39, 0.29) is 5.78 Å². The molecule has 0 aliphatic rings. The summed E-state index contributed by atoms with van der Waals surface area (Å²) in [4.78, 5) is 26.6. The lowest BCUT2D eigenvalue weighted by Crippen LogP contribution is -2.02. The quantitative estimate of drug-likeness (QED) is 0.428. The summed E-state index contributed by atoms with van der Waals surface area (Å²) in [7, 11) is 0. The van der Waals surface area contributed by atoms with Crippen molar-refractivity contribution in [2.45, 2.75) is 13.3 Å². The van der Waals surface area contributed by atoms with E-state index in [0.29, 0.717) is 12.0 Å². The maximum Gasteiger partial charge on any atom is 0.365 e. The van der Waals surface area contributed by atoms with E-state index in [1.807, 2.05) is 0 Å². The number of oxime groups is 1. The van der Waals surface area contributed by atoms with Crippen molar-refractivity contribution in [1.29, 1.82) is 0 Å².